The van der Waals surface area contributed by atoms with Crippen LogP contribution >= 0.6 is 0 Å². The molecule has 0 aliphatic carbocycles. The molecule has 0 bridgehead atoms. The molecule has 1 aromatic rings. The van der Waals surface area contributed by atoms with Crippen LogP contribution in [0.1, 0.15) is 32.4 Å². The summed E-state index contributed by atoms with van der Waals surface area (Å²) in [7, 11) is 0. The standard InChI is InChI=1S/C12H17N3O4/c1-8(17)13-10-4-6-15(12(18)14-10)11-3-2-9(19-11)5-7-16/h4,6,9,11,16H,2-3,5,7H2,1H3,(H,13,14,17,18)/t9?,11-/m1/s1. The second kappa shape index (κ2) is 5.94. The lowest BCUT2D eigenvalue weighted by Crippen LogP contribution is -2.28. The highest BCUT2D eigenvalue weighted by Crippen LogP contribution is 2.28. The highest BCUT2D eigenvalue weighted by Gasteiger charge is 2.26. The smallest absolute Gasteiger partial charge is 0.351 e. The maximum absolute atomic E-state index is 11.8. The van der Waals surface area contributed by atoms with Crippen molar-refractivity contribution in [1.82, 2.24) is 9.55 Å². The van der Waals surface area contributed by atoms with Gasteiger partial charge in [-0.1, -0.05) is 0 Å². The van der Waals surface area contributed by atoms with Crippen molar-refractivity contribution in [3.8, 4) is 0 Å². The molecule has 7 nitrogen and oxygen atoms in total. The summed E-state index contributed by atoms with van der Waals surface area (Å²) in [5.74, 6) is -0.0385. The van der Waals surface area contributed by atoms with Crippen LogP contribution in [0.15, 0.2) is 17.1 Å². The number of hydrogen-bond acceptors (Lipinski definition) is 5. The van der Waals surface area contributed by atoms with Gasteiger partial charge in [-0.25, -0.2) is 4.79 Å². The van der Waals surface area contributed by atoms with E-state index in [0.717, 1.165) is 6.42 Å². The topological polar surface area (TPSA) is 93.5 Å². The number of aliphatic hydroxyl groups excluding tert-OH is 1. The molecule has 104 valence electrons. The molecule has 2 rings (SSSR count). The molecule has 2 atom stereocenters. The Balaban J connectivity index is 2.09. The fraction of sp³-hybridized carbons (Fsp3) is 0.583. The van der Waals surface area contributed by atoms with Gasteiger partial charge in [0.05, 0.1) is 6.10 Å². The summed E-state index contributed by atoms with van der Waals surface area (Å²) >= 11 is 0. The van der Waals surface area contributed by atoms with E-state index in [0.29, 0.717) is 12.8 Å². The van der Waals surface area contributed by atoms with E-state index in [9.17, 15) is 9.59 Å². The first-order valence-electron chi connectivity index (χ1n) is 6.23. The minimum atomic E-state index is -0.458. The third kappa shape index (κ3) is 3.39. The minimum absolute atomic E-state index is 0.0167. The maximum atomic E-state index is 11.8. The van der Waals surface area contributed by atoms with Crippen molar-refractivity contribution in [2.24, 2.45) is 0 Å². The average Bonchev–Trinajstić information content (AvgIpc) is 2.77. The SMILES string of the molecule is CC(=O)Nc1ccn([C@H]2CCC(CCO)O2)c(=O)n1. The van der Waals surface area contributed by atoms with Crippen LogP contribution < -0.4 is 11.0 Å². The molecule has 1 aromatic heterocycles. The van der Waals surface area contributed by atoms with E-state index in [1.54, 1.807) is 12.3 Å². The zero-order valence-electron chi connectivity index (χ0n) is 10.7. The summed E-state index contributed by atoms with van der Waals surface area (Å²) in [5.41, 5.74) is -0.458. The van der Waals surface area contributed by atoms with E-state index in [4.69, 9.17) is 9.84 Å². The molecule has 1 aliphatic heterocycles. The number of nitrogens with zero attached hydrogens (tertiary/aromatic N) is 2. The number of amides is 1. The lowest BCUT2D eigenvalue weighted by Gasteiger charge is -2.15. The summed E-state index contributed by atoms with van der Waals surface area (Å²) in [5, 5.41) is 11.3. The first kappa shape index (κ1) is 13.7. The predicted octanol–water partition coefficient (Wildman–Crippen LogP) is 0.262. The summed E-state index contributed by atoms with van der Waals surface area (Å²) in [4.78, 5) is 26.5. The highest BCUT2D eigenvalue weighted by molar-refractivity contribution is 5.87. The predicted molar refractivity (Wildman–Crippen MR) is 67.6 cm³/mol. The van der Waals surface area contributed by atoms with Gasteiger partial charge in [0.1, 0.15) is 12.0 Å². The van der Waals surface area contributed by atoms with E-state index in [1.165, 1.54) is 11.5 Å². The number of carbonyl (C=O) groups excluding carboxylic acids is 1. The molecule has 19 heavy (non-hydrogen) atoms. The van der Waals surface area contributed by atoms with Crippen molar-refractivity contribution in [3.63, 3.8) is 0 Å². The van der Waals surface area contributed by atoms with Gasteiger partial charge < -0.3 is 15.2 Å². The molecule has 1 fully saturated rings. The molecule has 0 spiro atoms. The summed E-state index contributed by atoms with van der Waals surface area (Å²) in [6.07, 6.45) is 3.30. The van der Waals surface area contributed by atoms with E-state index >= 15 is 0 Å². The fourth-order valence-electron chi connectivity index (χ4n) is 2.13. The third-order valence-corrected chi connectivity index (χ3v) is 2.98. The largest absolute Gasteiger partial charge is 0.396 e. The quantitative estimate of drug-likeness (QED) is 0.816. The Labute approximate surface area is 110 Å². The van der Waals surface area contributed by atoms with Crippen molar-refractivity contribution >= 4 is 11.7 Å². The summed E-state index contributed by atoms with van der Waals surface area (Å²) < 4.78 is 7.07. The number of carbonyl (C=O) groups is 1. The Morgan fingerprint density at radius 1 is 1.63 bits per heavy atom. The average molecular weight is 267 g/mol. The van der Waals surface area contributed by atoms with Crippen LogP contribution in [-0.2, 0) is 9.53 Å². The van der Waals surface area contributed by atoms with Crippen LogP contribution in [0.4, 0.5) is 5.82 Å². The fourth-order valence-corrected chi connectivity index (χ4v) is 2.13. The molecule has 0 aromatic carbocycles. The lowest BCUT2D eigenvalue weighted by atomic mass is 10.2. The molecule has 2 heterocycles. The van der Waals surface area contributed by atoms with Gasteiger partial charge in [0.15, 0.2) is 0 Å². The molecule has 2 N–H and O–H groups in total. The molecule has 1 unspecified atom stereocenters. The summed E-state index contributed by atoms with van der Waals surface area (Å²) in [6, 6.07) is 1.56. The van der Waals surface area contributed by atoms with Gasteiger partial charge >= 0.3 is 5.69 Å². The number of hydrogen-bond donors (Lipinski definition) is 2. The third-order valence-electron chi connectivity index (χ3n) is 2.98. The Hall–Kier alpha value is -1.73. The number of rotatable bonds is 4. The Kier molecular flexibility index (Phi) is 4.28. The number of ether oxygens (including phenoxy) is 1. The normalized spacial score (nSPS) is 22.4. The Bertz CT molecular complexity index is 514. The lowest BCUT2D eigenvalue weighted by molar-refractivity contribution is -0.114. The minimum Gasteiger partial charge on any atom is -0.396 e. The van der Waals surface area contributed by atoms with Crippen LogP contribution in [0.3, 0.4) is 0 Å². The van der Waals surface area contributed by atoms with Crippen LogP contribution in [0.2, 0.25) is 0 Å². The van der Waals surface area contributed by atoms with Crippen LogP contribution in [-0.4, -0.2) is 33.3 Å². The maximum Gasteiger partial charge on any atom is 0.351 e. The van der Waals surface area contributed by atoms with Crippen molar-refractivity contribution in [2.45, 2.75) is 38.5 Å². The highest BCUT2D eigenvalue weighted by atomic mass is 16.5. The molecular weight excluding hydrogens is 250 g/mol. The first-order chi connectivity index (χ1) is 9.10. The number of anilines is 1. The summed E-state index contributed by atoms with van der Waals surface area (Å²) in [6.45, 7) is 1.43. The number of aliphatic hydroxyl groups is 1. The molecule has 1 amide bonds. The number of nitrogens with one attached hydrogen (secondary N) is 1. The molecule has 0 saturated carbocycles. The molecule has 1 saturated heterocycles. The van der Waals surface area contributed by atoms with Gasteiger partial charge in [0.25, 0.3) is 0 Å². The van der Waals surface area contributed by atoms with Crippen LogP contribution in [0.5, 0.6) is 0 Å². The van der Waals surface area contributed by atoms with E-state index < -0.39 is 5.69 Å². The van der Waals surface area contributed by atoms with E-state index in [2.05, 4.69) is 10.3 Å². The first-order valence-corrected chi connectivity index (χ1v) is 6.23. The van der Waals surface area contributed by atoms with Gasteiger partial charge in [0.2, 0.25) is 5.91 Å². The van der Waals surface area contributed by atoms with Crippen LogP contribution in [0.25, 0.3) is 0 Å². The Morgan fingerprint density at radius 3 is 3.05 bits per heavy atom. The van der Waals surface area contributed by atoms with Crippen molar-refractivity contribution in [1.29, 1.82) is 0 Å². The molecule has 0 radical (unpaired) electrons. The second-order valence-electron chi connectivity index (χ2n) is 4.49. The van der Waals surface area contributed by atoms with E-state index in [1.807, 2.05) is 0 Å². The molecule has 7 heteroatoms. The zero-order valence-corrected chi connectivity index (χ0v) is 10.7. The zero-order chi connectivity index (χ0) is 13.8. The van der Waals surface area contributed by atoms with Gasteiger partial charge in [-0.05, 0) is 25.3 Å². The van der Waals surface area contributed by atoms with Crippen molar-refractivity contribution < 1.29 is 14.6 Å². The van der Waals surface area contributed by atoms with Gasteiger partial charge in [-0.3, -0.25) is 9.36 Å². The molecular formula is C12H17N3O4. The van der Waals surface area contributed by atoms with Gasteiger partial charge in [0, 0.05) is 19.7 Å². The monoisotopic (exact) mass is 267 g/mol. The second-order valence-corrected chi connectivity index (χ2v) is 4.49. The number of aromatic nitrogens is 2. The van der Waals surface area contributed by atoms with Gasteiger partial charge in [-0.15, -0.1) is 0 Å². The van der Waals surface area contributed by atoms with Crippen LogP contribution in [0, 0.1) is 0 Å². The van der Waals surface area contributed by atoms with Crippen molar-refractivity contribution in [2.75, 3.05) is 11.9 Å². The van der Waals surface area contributed by atoms with Gasteiger partial charge in [-0.2, -0.15) is 4.98 Å². The Morgan fingerprint density at radius 2 is 2.42 bits per heavy atom. The molecule has 1 aliphatic rings. The van der Waals surface area contributed by atoms with Crippen molar-refractivity contribution in [3.05, 3.63) is 22.7 Å². The van der Waals surface area contributed by atoms with E-state index in [-0.39, 0.29) is 30.7 Å².